The normalized spacial score (nSPS) is 30.3. The van der Waals surface area contributed by atoms with Crippen molar-refractivity contribution in [1.82, 2.24) is 9.80 Å². The minimum absolute atomic E-state index is 0.250. The Kier molecular flexibility index (Phi) is 2.66. The number of alkyl halides is 2. The van der Waals surface area contributed by atoms with Gasteiger partial charge in [0.2, 0.25) is 5.91 Å². The smallest absolute Gasteiger partial charge is 0.260 e. The van der Waals surface area contributed by atoms with Crippen molar-refractivity contribution < 1.29 is 13.6 Å². The molecule has 0 radical (unpaired) electrons. The number of piperazine rings is 1. The summed E-state index contributed by atoms with van der Waals surface area (Å²) in [7, 11) is 0. The summed E-state index contributed by atoms with van der Waals surface area (Å²) in [4.78, 5) is 15.4. The van der Waals surface area contributed by atoms with Gasteiger partial charge in [0.05, 0.1) is 0 Å². The number of rotatable bonds is 2. The summed E-state index contributed by atoms with van der Waals surface area (Å²) in [6, 6.07) is 0. The molecule has 0 N–H and O–H groups in total. The third-order valence-corrected chi connectivity index (χ3v) is 3.26. The van der Waals surface area contributed by atoms with Gasteiger partial charge in [0.1, 0.15) is 5.92 Å². The SMILES string of the molecule is CCN1CCN(C(=O)[C@@H]2CC2(F)F)CC1. The van der Waals surface area contributed by atoms with Crippen LogP contribution in [-0.2, 0) is 4.79 Å². The molecule has 1 atom stereocenters. The Hall–Kier alpha value is -0.710. The van der Waals surface area contributed by atoms with Gasteiger partial charge in [0, 0.05) is 32.6 Å². The van der Waals surface area contributed by atoms with E-state index in [1.807, 2.05) is 0 Å². The number of carbonyl (C=O) groups is 1. The van der Waals surface area contributed by atoms with Crippen molar-refractivity contribution in [1.29, 1.82) is 0 Å². The first kappa shape index (κ1) is 10.8. The van der Waals surface area contributed by atoms with Crippen molar-refractivity contribution >= 4 is 5.91 Å². The zero-order chi connectivity index (χ0) is 11.1. The Morgan fingerprint density at radius 1 is 1.33 bits per heavy atom. The lowest BCUT2D eigenvalue weighted by Crippen LogP contribution is -2.49. The van der Waals surface area contributed by atoms with Crippen molar-refractivity contribution in [2.24, 2.45) is 5.92 Å². The van der Waals surface area contributed by atoms with Gasteiger partial charge in [0.15, 0.2) is 0 Å². The first-order chi connectivity index (χ1) is 7.04. The van der Waals surface area contributed by atoms with Gasteiger partial charge in [-0.1, -0.05) is 6.92 Å². The molecule has 0 aromatic rings. The van der Waals surface area contributed by atoms with Gasteiger partial charge < -0.3 is 9.80 Å². The third-order valence-electron chi connectivity index (χ3n) is 3.26. The second-order valence-corrected chi connectivity index (χ2v) is 4.28. The van der Waals surface area contributed by atoms with E-state index in [2.05, 4.69) is 11.8 Å². The van der Waals surface area contributed by atoms with Gasteiger partial charge in [0.25, 0.3) is 5.92 Å². The molecule has 0 unspecified atom stereocenters. The number of carbonyl (C=O) groups excluding carboxylic acids is 1. The average Bonchev–Trinajstić information content (AvgIpc) is 2.87. The topological polar surface area (TPSA) is 23.6 Å². The Balaban J connectivity index is 1.84. The number of amides is 1. The van der Waals surface area contributed by atoms with Crippen LogP contribution in [0.5, 0.6) is 0 Å². The molecule has 1 aliphatic carbocycles. The van der Waals surface area contributed by atoms with Crippen molar-refractivity contribution in [2.45, 2.75) is 19.3 Å². The molecule has 1 amide bonds. The van der Waals surface area contributed by atoms with E-state index in [1.165, 1.54) is 0 Å². The summed E-state index contributed by atoms with van der Waals surface area (Å²) in [5.74, 6) is -4.10. The summed E-state index contributed by atoms with van der Waals surface area (Å²) in [6.07, 6.45) is -0.250. The maximum atomic E-state index is 12.7. The maximum absolute atomic E-state index is 12.7. The lowest BCUT2D eigenvalue weighted by Gasteiger charge is -2.34. The number of nitrogens with zero attached hydrogens (tertiary/aromatic N) is 2. The predicted molar refractivity (Wildman–Crippen MR) is 51.7 cm³/mol. The number of halogens is 2. The molecule has 1 heterocycles. The van der Waals surface area contributed by atoms with E-state index in [0.717, 1.165) is 19.6 Å². The Bertz CT molecular complexity index is 262. The van der Waals surface area contributed by atoms with Crippen LogP contribution in [0.25, 0.3) is 0 Å². The minimum atomic E-state index is -2.72. The fraction of sp³-hybridized carbons (Fsp3) is 0.900. The molecule has 0 bridgehead atoms. The van der Waals surface area contributed by atoms with E-state index >= 15 is 0 Å². The Labute approximate surface area is 88.0 Å². The first-order valence-corrected chi connectivity index (χ1v) is 5.43. The molecule has 15 heavy (non-hydrogen) atoms. The fourth-order valence-electron chi connectivity index (χ4n) is 1.99. The van der Waals surface area contributed by atoms with Crippen LogP contribution in [0.2, 0.25) is 0 Å². The molecule has 3 nitrogen and oxygen atoms in total. The largest absolute Gasteiger partial charge is 0.340 e. The predicted octanol–water partition coefficient (Wildman–Crippen LogP) is 0.806. The molecule has 1 saturated heterocycles. The van der Waals surface area contributed by atoms with Crippen molar-refractivity contribution in [2.75, 3.05) is 32.7 Å². The van der Waals surface area contributed by atoms with Crippen molar-refractivity contribution in [3.63, 3.8) is 0 Å². The molecule has 2 rings (SSSR count). The maximum Gasteiger partial charge on any atom is 0.260 e. The van der Waals surface area contributed by atoms with Gasteiger partial charge in [-0.05, 0) is 6.54 Å². The van der Waals surface area contributed by atoms with Gasteiger partial charge in [-0.25, -0.2) is 8.78 Å². The quantitative estimate of drug-likeness (QED) is 0.684. The summed E-state index contributed by atoms with van der Waals surface area (Å²) in [6.45, 7) is 5.83. The summed E-state index contributed by atoms with van der Waals surface area (Å²) < 4.78 is 25.4. The molecule has 0 aromatic carbocycles. The van der Waals surface area contributed by atoms with Crippen LogP contribution in [0, 0.1) is 5.92 Å². The third kappa shape index (κ3) is 2.12. The Morgan fingerprint density at radius 2 is 1.87 bits per heavy atom. The van der Waals surface area contributed by atoms with E-state index in [-0.39, 0.29) is 12.3 Å². The molecule has 1 aliphatic heterocycles. The highest BCUT2D eigenvalue weighted by atomic mass is 19.3. The van der Waals surface area contributed by atoms with E-state index in [0.29, 0.717) is 13.1 Å². The van der Waals surface area contributed by atoms with E-state index in [1.54, 1.807) is 4.90 Å². The second kappa shape index (κ2) is 3.70. The van der Waals surface area contributed by atoms with Gasteiger partial charge in [-0.3, -0.25) is 4.79 Å². The number of hydrogen-bond acceptors (Lipinski definition) is 2. The highest BCUT2D eigenvalue weighted by molar-refractivity contribution is 5.83. The monoisotopic (exact) mass is 218 g/mol. The summed E-state index contributed by atoms with van der Waals surface area (Å²) in [5, 5.41) is 0. The number of hydrogen-bond donors (Lipinski definition) is 0. The second-order valence-electron chi connectivity index (χ2n) is 4.28. The molecular formula is C10H16F2N2O. The molecule has 2 fully saturated rings. The van der Waals surface area contributed by atoms with Crippen LogP contribution in [-0.4, -0.2) is 54.4 Å². The molecular weight excluding hydrogens is 202 g/mol. The van der Waals surface area contributed by atoms with E-state index in [4.69, 9.17) is 0 Å². The van der Waals surface area contributed by atoms with E-state index < -0.39 is 11.8 Å². The highest BCUT2D eigenvalue weighted by Gasteiger charge is 2.62. The van der Waals surface area contributed by atoms with Crippen LogP contribution >= 0.6 is 0 Å². The Morgan fingerprint density at radius 3 is 2.27 bits per heavy atom. The highest BCUT2D eigenvalue weighted by Crippen LogP contribution is 2.49. The van der Waals surface area contributed by atoms with E-state index in [9.17, 15) is 13.6 Å². The molecule has 86 valence electrons. The van der Waals surface area contributed by atoms with Gasteiger partial charge >= 0.3 is 0 Å². The lowest BCUT2D eigenvalue weighted by molar-refractivity contribution is -0.136. The lowest BCUT2D eigenvalue weighted by atomic mass is 10.2. The van der Waals surface area contributed by atoms with Gasteiger partial charge in [-0.2, -0.15) is 0 Å². The van der Waals surface area contributed by atoms with Crippen LogP contribution in [0.4, 0.5) is 8.78 Å². The number of likely N-dealkylation sites (N-methyl/N-ethyl adjacent to an activating group) is 1. The summed E-state index contributed by atoms with van der Waals surface area (Å²) >= 11 is 0. The zero-order valence-electron chi connectivity index (χ0n) is 8.88. The van der Waals surface area contributed by atoms with Gasteiger partial charge in [-0.15, -0.1) is 0 Å². The molecule has 5 heteroatoms. The van der Waals surface area contributed by atoms with Crippen molar-refractivity contribution in [3.8, 4) is 0 Å². The molecule has 2 aliphatic rings. The van der Waals surface area contributed by atoms with Crippen LogP contribution in [0.1, 0.15) is 13.3 Å². The zero-order valence-corrected chi connectivity index (χ0v) is 8.88. The van der Waals surface area contributed by atoms with Crippen molar-refractivity contribution in [3.05, 3.63) is 0 Å². The standard InChI is InChI=1S/C10H16F2N2O/c1-2-13-3-5-14(6-4-13)9(15)8-7-10(8,11)12/h8H,2-7H2,1H3/t8-/m0/s1. The van der Waals surface area contributed by atoms with Crippen LogP contribution in [0.15, 0.2) is 0 Å². The molecule has 0 aromatic heterocycles. The molecule has 1 saturated carbocycles. The summed E-state index contributed by atoms with van der Waals surface area (Å²) in [5.41, 5.74) is 0. The fourth-order valence-corrected chi connectivity index (χ4v) is 1.99. The average molecular weight is 218 g/mol. The van der Waals surface area contributed by atoms with Crippen LogP contribution in [0.3, 0.4) is 0 Å². The minimum Gasteiger partial charge on any atom is -0.340 e. The first-order valence-electron chi connectivity index (χ1n) is 5.43. The molecule has 0 spiro atoms. The van der Waals surface area contributed by atoms with Crippen LogP contribution < -0.4 is 0 Å².